The predicted octanol–water partition coefficient (Wildman–Crippen LogP) is 0.965. The summed E-state index contributed by atoms with van der Waals surface area (Å²) < 4.78 is 38.0. The Kier molecular flexibility index (Phi) is 3.56. The van der Waals surface area contributed by atoms with E-state index in [0.717, 1.165) is 37.5 Å². The molecule has 1 aromatic heterocycles. The van der Waals surface area contributed by atoms with Crippen LogP contribution < -0.4 is 0 Å². The van der Waals surface area contributed by atoms with Crippen molar-refractivity contribution in [2.45, 2.75) is 43.7 Å². The maximum atomic E-state index is 12.4. The highest BCUT2D eigenvalue weighted by Crippen LogP contribution is 2.35. The van der Waals surface area contributed by atoms with E-state index in [1.807, 2.05) is 19.1 Å². The van der Waals surface area contributed by atoms with Crippen LogP contribution in [-0.4, -0.2) is 61.3 Å². The highest BCUT2D eigenvalue weighted by molar-refractivity contribution is 7.90. The predicted molar refractivity (Wildman–Crippen MR) is 80.9 cm³/mol. The molecule has 0 bridgehead atoms. The van der Waals surface area contributed by atoms with Gasteiger partial charge in [-0.25, -0.2) is 8.42 Å². The van der Waals surface area contributed by atoms with Crippen molar-refractivity contribution in [3.8, 4) is 0 Å². The van der Waals surface area contributed by atoms with E-state index in [2.05, 4.69) is 4.90 Å². The number of aryl methyl sites for hydroxylation is 1. The summed E-state index contributed by atoms with van der Waals surface area (Å²) in [6.07, 6.45) is 1.60. The van der Waals surface area contributed by atoms with Crippen molar-refractivity contribution in [3.05, 3.63) is 23.7 Å². The van der Waals surface area contributed by atoms with E-state index in [-0.39, 0.29) is 17.4 Å². The number of ether oxygens (including phenoxy) is 1. The van der Waals surface area contributed by atoms with Gasteiger partial charge in [-0.3, -0.25) is 4.90 Å². The second-order valence-corrected chi connectivity index (χ2v) is 8.73. The fraction of sp³-hybridized carbons (Fsp3) is 0.733. The molecule has 2 aliphatic heterocycles. The quantitative estimate of drug-likeness (QED) is 0.825. The van der Waals surface area contributed by atoms with Crippen molar-refractivity contribution in [1.82, 2.24) is 9.21 Å². The Morgan fingerprint density at radius 1 is 1.27 bits per heavy atom. The molecule has 1 saturated carbocycles. The Morgan fingerprint density at radius 2 is 2.09 bits per heavy atom. The summed E-state index contributed by atoms with van der Waals surface area (Å²) in [6, 6.07) is 4.09. The molecule has 0 unspecified atom stereocenters. The summed E-state index contributed by atoms with van der Waals surface area (Å²) in [5, 5.41) is -0.145. The fourth-order valence-corrected chi connectivity index (χ4v) is 5.34. The zero-order valence-corrected chi connectivity index (χ0v) is 13.6. The molecule has 3 aliphatic rings. The van der Waals surface area contributed by atoms with Gasteiger partial charge in [0.25, 0.3) is 0 Å². The number of hydrogen-bond acceptors (Lipinski definition) is 5. The summed E-state index contributed by atoms with van der Waals surface area (Å²) >= 11 is 0. The molecule has 0 amide bonds. The number of fused-ring (bicyclic) bond motifs is 1. The van der Waals surface area contributed by atoms with Gasteiger partial charge in [0.1, 0.15) is 11.5 Å². The van der Waals surface area contributed by atoms with Gasteiger partial charge < -0.3 is 9.15 Å². The van der Waals surface area contributed by atoms with Gasteiger partial charge in [0, 0.05) is 19.6 Å². The number of sulfonamides is 1. The first-order valence-corrected chi connectivity index (χ1v) is 9.44. The van der Waals surface area contributed by atoms with E-state index in [0.29, 0.717) is 19.7 Å². The van der Waals surface area contributed by atoms with Gasteiger partial charge in [0.05, 0.1) is 30.5 Å². The standard InChI is InChI=1S/C15H22N2O4S/c1-11-2-3-12(21-11)8-16-6-7-20-15-10-17(9-14(15)16)22(18,19)13-4-5-13/h2-3,13-15H,4-10H2,1H3/t14-,15+/m0/s1. The van der Waals surface area contributed by atoms with Crippen LogP contribution in [0, 0.1) is 6.92 Å². The second kappa shape index (κ2) is 5.33. The van der Waals surface area contributed by atoms with Crippen molar-refractivity contribution in [2.75, 3.05) is 26.2 Å². The van der Waals surface area contributed by atoms with Crippen molar-refractivity contribution >= 4 is 10.0 Å². The third-order valence-corrected chi connectivity index (χ3v) is 7.18. The summed E-state index contributed by atoms with van der Waals surface area (Å²) in [6.45, 7) is 5.16. The van der Waals surface area contributed by atoms with Gasteiger partial charge in [-0.1, -0.05) is 0 Å². The summed E-state index contributed by atoms with van der Waals surface area (Å²) in [5.41, 5.74) is 0. The first kappa shape index (κ1) is 14.7. The number of morpholine rings is 1. The van der Waals surface area contributed by atoms with Crippen LogP contribution in [0.5, 0.6) is 0 Å². The van der Waals surface area contributed by atoms with Crippen LogP contribution in [0.1, 0.15) is 24.4 Å². The third-order valence-electron chi connectivity index (χ3n) is 4.84. The molecular formula is C15H22N2O4S. The molecular weight excluding hydrogens is 304 g/mol. The van der Waals surface area contributed by atoms with Crippen LogP contribution in [0.4, 0.5) is 0 Å². The lowest BCUT2D eigenvalue weighted by Gasteiger charge is -2.36. The normalized spacial score (nSPS) is 30.6. The van der Waals surface area contributed by atoms with Crippen molar-refractivity contribution < 1.29 is 17.6 Å². The topological polar surface area (TPSA) is 63.0 Å². The number of furan rings is 1. The van der Waals surface area contributed by atoms with Crippen LogP contribution in [0.25, 0.3) is 0 Å². The van der Waals surface area contributed by atoms with Crippen LogP contribution in [0.15, 0.2) is 16.5 Å². The summed E-state index contributed by atoms with van der Waals surface area (Å²) in [4.78, 5) is 2.30. The SMILES string of the molecule is Cc1ccc(CN2CCO[C@@H]3CN(S(=O)(=O)C4CC4)C[C@@H]32)o1. The molecule has 1 aromatic rings. The van der Waals surface area contributed by atoms with Crippen molar-refractivity contribution in [3.63, 3.8) is 0 Å². The first-order chi connectivity index (χ1) is 10.5. The lowest BCUT2D eigenvalue weighted by Crippen LogP contribution is -2.50. The molecule has 3 fully saturated rings. The monoisotopic (exact) mass is 326 g/mol. The van der Waals surface area contributed by atoms with Gasteiger partial charge in [-0.05, 0) is 31.9 Å². The number of hydrogen-bond donors (Lipinski definition) is 0. The average molecular weight is 326 g/mol. The first-order valence-electron chi connectivity index (χ1n) is 7.94. The number of rotatable bonds is 4. The highest BCUT2D eigenvalue weighted by atomic mass is 32.2. The van der Waals surface area contributed by atoms with Crippen molar-refractivity contribution in [1.29, 1.82) is 0 Å². The zero-order chi connectivity index (χ0) is 15.3. The van der Waals surface area contributed by atoms with Crippen molar-refractivity contribution in [2.24, 2.45) is 0 Å². The largest absolute Gasteiger partial charge is 0.465 e. The molecule has 7 heteroatoms. The fourth-order valence-electron chi connectivity index (χ4n) is 3.48. The minimum atomic E-state index is -3.11. The molecule has 0 spiro atoms. The van der Waals surface area contributed by atoms with Gasteiger partial charge in [0.2, 0.25) is 10.0 Å². The van der Waals surface area contributed by atoms with E-state index in [9.17, 15) is 8.42 Å². The van der Waals surface area contributed by atoms with Crippen LogP contribution in [0.3, 0.4) is 0 Å². The summed E-state index contributed by atoms with van der Waals surface area (Å²) in [7, 11) is -3.11. The molecule has 0 aromatic carbocycles. The number of nitrogens with zero attached hydrogens (tertiary/aromatic N) is 2. The van der Waals surface area contributed by atoms with Gasteiger partial charge in [0.15, 0.2) is 0 Å². The minimum Gasteiger partial charge on any atom is -0.465 e. The molecule has 2 atom stereocenters. The average Bonchev–Trinajstić information content (AvgIpc) is 3.13. The molecule has 3 heterocycles. The van der Waals surface area contributed by atoms with E-state index < -0.39 is 10.0 Å². The Balaban J connectivity index is 1.49. The van der Waals surface area contributed by atoms with Crippen LogP contribution in [-0.2, 0) is 21.3 Å². The smallest absolute Gasteiger partial charge is 0.217 e. The molecule has 6 nitrogen and oxygen atoms in total. The summed E-state index contributed by atoms with van der Waals surface area (Å²) in [5.74, 6) is 1.84. The minimum absolute atomic E-state index is 0.0154. The Bertz CT molecular complexity index is 652. The maximum absolute atomic E-state index is 12.4. The van der Waals surface area contributed by atoms with Crippen LogP contribution in [0.2, 0.25) is 0 Å². The molecule has 1 aliphatic carbocycles. The lowest BCUT2D eigenvalue weighted by molar-refractivity contribution is -0.0521. The molecule has 0 N–H and O–H groups in total. The Hall–Kier alpha value is -0.890. The lowest BCUT2D eigenvalue weighted by atomic mass is 10.1. The zero-order valence-electron chi connectivity index (χ0n) is 12.8. The van der Waals surface area contributed by atoms with E-state index in [1.54, 1.807) is 4.31 Å². The molecule has 22 heavy (non-hydrogen) atoms. The van der Waals surface area contributed by atoms with E-state index in [1.165, 1.54) is 0 Å². The third kappa shape index (κ3) is 2.60. The molecule has 0 radical (unpaired) electrons. The van der Waals surface area contributed by atoms with E-state index >= 15 is 0 Å². The molecule has 4 rings (SSSR count). The molecule has 122 valence electrons. The maximum Gasteiger partial charge on any atom is 0.217 e. The van der Waals surface area contributed by atoms with E-state index in [4.69, 9.17) is 9.15 Å². The second-order valence-electron chi connectivity index (χ2n) is 6.52. The Morgan fingerprint density at radius 3 is 2.77 bits per heavy atom. The Labute approximate surface area is 131 Å². The molecule has 2 saturated heterocycles. The van der Waals surface area contributed by atoms with Gasteiger partial charge in [-0.15, -0.1) is 0 Å². The van der Waals surface area contributed by atoms with Gasteiger partial charge >= 0.3 is 0 Å². The highest BCUT2D eigenvalue weighted by Gasteiger charge is 2.48. The van der Waals surface area contributed by atoms with Crippen LogP contribution >= 0.6 is 0 Å². The van der Waals surface area contributed by atoms with Gasteiger partial charge in [-0.2, -0.15) is 4.31 Å².